The second kappa shape index (κ2) is 9.43. The van der Waals surface area contributed by atoms with Crippen molar-refractivity contribution in [2.45, 2.75) is 39.0 Å². The molecule has 16 heavy (non-hydrogen) atoms. The van der Waals surface area contributed by atoms with Gasteiger partial charge in [0.05, 0.1) is 0 Å². The van der Waals surface area contributed by atoms with Crippen LogP contribution in [0.4, 0.5) is 0 Å². The maximum atomic E-state index is 3.55. The summed E-state index contributed by atoms with van der Waals surface area (Å²) in [6.07, 6.45) is 6.83. The molecule has 1 rings (SSSR count). The highest BCUT2D eigenvalue weighted by Crippen LogP contribution is 2.08. The van der Waals surface area contributed by atoms with E-state index in [1.165, 1.54) is 71.4 Å². The largest absolute Gasteiger partial charge is 0.303 e. The smallest absolute Gasteiger partial charge is 0.0159 e. The van der Waals surface area contributed by atoms with Crippen LogP contribution in [-0.4, -0.2) is 54.4 Å². The van der Waals surface area contributed by atoms with Gasteiger partial charge >= 0.3 is 0 Å². The fraction of sp³-hybridized carbons (Fsp3) is 1.00. The minimum atomic E-state index is 1.11. The highest BCUT2D eigenvalue weighted by atomic mass is 79.9. The summed E-state index contributed by atoms with van der Waals surface area (Å²) in [5.74, 6) is 0. The van der Waals surface area contributed by atoms with Crippen molar-refractivity contribution in [1.82, 2.24) is 9.80 Å². The third-order valence-electron chi connectivity index (χ3n) is 3.38. The van der Waals surface area contributed by atoms with Crippen LogP contribution < -0.4 is 0 Å². The predicted molar refractivity (Wildman–Crippen MR) is 75.4 cm³/mol. The van der Waals surface area contributed by atoms with E-state index in [9.17, 15) is 0 Å². The molecular weight excluding hydrogens is 264 g/mol. The zero-order valence-electron chi connectivity index (χ0n) is 10.8. The first-order valence-electron chi connectivity index (χ1n) is 6.87. The van der Waals surface area contributed by atoms with Crippen LogP contribution >= 0.6 is 15.9 Å². The molecule has 0 aromatic rings. The van der Waals surface area contributed by atoms with Gasteiger partial charge in [0.15, 0.2) is 0 Å². The maximum absolute atomic E-state index is 3.55. The van der Waals surface area contributed by atoms with Crippen LogP contribution in [0.2, 0.25) is 0 Å². The van der Waals surface area contributed by atoms with E-state index in [1.54, 1.807) is 0 Å². The van der Waals surface area contributed by atoms with Gasteiger partial charge in [-0.15, -0.1) is 0 Å². The van der Waals surface area contributed by atoms with Crippen molar-refractivity contribution in [3.63, 3.8) is 0 Å². The number of halogens is 1. The molecule has 2 nitrogen and oxygen atoms in total. The number of nitrogens with zero attached hydrogens (tertiary/aromatic N) is 2. The van der Waals surface area contributed by atoms with Gasteiger partial charge in [-0.25, -0.2) is 0 Å². The second-order valence-corrected chi connectivity index (χ2v) is 5.58. The first-order valence-corrected chi connectivity index (χ1v) is 7.99. The number of alkyl halides is 1. The molecule has 96 valence electrons. The Morgan fingerprint density at radius 1 is 1.06 bits per heavy atom. The monoisotopic (exact) mass is 290 g/mol. The molecule has 0 N–H and O–H groups in total. The van der Waals surface area contributed by atoms with Gasteiger partial charge in [0.2, 0.25) is 0 Å². The zero-order valence-corrected chi connectivity index (χ0v) is 12.3. The Labute approximate surface area is 109 Å². The van der Waals surface area contributed by atoms with Crippen LogP contribution in [0, 0.1) is 0 Å². The molecule has 1 fully saturated rings. The molecule has 0 bridgehead atoms. The molecular formula is C13H27BrN2. The maximum Gasteiger partial charge on any atom is 0.0159 e. The molecule has 1 aliphatic rings. The average Bonchev–Trinajstić information content (AvgIpc) is 2.79. The molecule has 0 radical (unpaired) electrons. The predicted octanol–water partition coefficient (Wildman–Crippen LogP) is 2.97. The summed E-state index contributed by atoms with van der Waals surface area (Å²) in [4.78, 5) is 5.22. The van der Waals surface area contributed by atoms with E-state index in [2.05, 4.69) is 32.7 Å². The van der Waals surface area contributed by atoms with Crippen molar-refractivity contribution < 1.29 is 0 Å². The van der Waals surface area contributed by atoms with Crippen LogP contribution in [0.15, 0.2) is 0 Å². The van der Waals surface area contributed by atoms with Crippen LogP contribution in [0.1, 0.15) is 39.0 Å². The van der Waals surface area contributed by atoms with E-state index in [0.29, 0.717) is 0 Å². The number of unbranched alkanes of at least 4 members (excludes halogenated alkanes) is 1. The minimum Gasteiger partial charge on any atom is -0.303 e. The van der Waals surface area contributed by atoms with Crippen LogP contribution in [0.3, 0.4) is 0 Å². The van der Waals surface area contributed by atoms with Crippen molar-refractivity contribution in [3.8, 4) is 0 Å². The molecule has 0 aliphatic carbocycles. The highest BCUT2D eigenvalue weighted by Gasteiger charge is 2.11. The van der Waals surface area contributed by atoms with Gasteiger partial charge in [-0.05, 0) is 58.4 Å². The van der Waals surface area contributed by atoms with Gasteiger partial charge < -0.3 is 9.80 Å². The van der Waals surface area contributed by atoms with Gasteiger partial charge in [0.25, 0.3) is 0 Å². The molecule has 0 spiro atoms. The Morgan fingerprint density at radius 2 is 1.75 bits per heavy atom. The van der Waals surface area contributed by atoms with Gasteiger partial charge in [-0.1, -0.05) is 29.3 Å². The van der Waals surface area contributed by atoms with E-state index in [0.717, 1.165) is 5.33 Å². The summed E-state index contributed by atoms with van der Waals surface area (Å²) < 4.78 is 0. The van der Waals surface area contributed by atoms with Gasteiger partial charge in [-0.3, -0.25) is 0 Å². The SMILES string of the molecule is CCCCN(CCBr)CCCN1CCCC1. The van der Waals surface area contributed by atoms with Crippen molar-refractivity contribution in [2.75, 3.05) is 44.6 Å². The Hall–Kier alpha value is 0.400. The number of hydrogen-bond donors (Lipinski definition) is 0. The van der Waals surface area contributed by atoms with E-state index in [1.807, 2.05) is 0 Å². The summed E-state index contributed by atoms with van der Waals surface area (Å²) in [6, 6.07) is 0. The lowest BCUT2D eigenvalue weighted by atomic mass is 10.3. The Bertz CT molecular complexity index is 158. The summed E-state index contributed by atoms with van der Waals surface area (Å²) in [5, 5.41) is 1.11. The molecule has 0 atom stereocenters. The highest BCUT2D eigenvalue weighted by molar-refractivity contribution is 9.09. The van der Waals surface area contributed by atoms with Crippen molar-refractivity contribution in [3.05, 3.63) is 0 Å². The Balaban J connectivity index is 2.05. The topological polar surface area (TPSA) is 6.48 Å². The minimum absolute atomic E-state index is 1.11. The lowest BCUT2D eigenvalue weighted by Gasteiger charge is -2.22. The van der Waals surface area contributed by atoms with Crippen molar-refractivity contribution in [1.29, 1.82) is 0 Å². The molecule has 0 aromatic heterocycles. The lowest BCUT2D eigenvalue weighted by molar-refractivity contribution is 0.253. The second-order valence-electron chi connectivity index (χ2n) is 4.79. The van der Waals surface area contributed by atoms with Gasteiger partial charge in [0, 0.05) is 11.9 Å². The van der Waals surface area contributed by atoms with E-state index in [4.69, 9.17) is 0 Å². The van der Waals surface area contributed by atoms with E-state index >= 15 is 0 Å². The van der Waals surface area contributed by atoms with Crippen LogP contribution in [0.5, 0.6) is 0 Å². The normalized spacial score (nSPS) is 17.4. The Morgan fingerprint density at radius 3 is 2.38 bits per heavy atom. The summed E-state index contributed by atoms with van der Waals surface area (Å²) in [6.45, 7) is 10.0. The molecule has 1 heterocycles. The average molecular weight is 291 g/mol. The van der Waals surface area contributed by atoms with Gasteiger partial charge in [-0.2, -0.15) is 0 Å². The first kappa shape index (κ1) is 14.5. The zero-order chi connectivity index (χ0) is 11.6. The summed E-state index contributed by atoms with van der Waals surface area (Å²) in [5.41, 5.74) is 0. The number of likely N-dealkylation sites (tertiary alicyclic amines) is 1. The van der Waals surface area contributed by atoms with E-state index < -0.39 is 0 Å². The van der Waals surface area contributed by atoms with E-state index in [-0.39, 0.29) is 0 Å². The third-order valence-corrected chi connectivity index (χ3v) is 3.73. The quantitative estimate of drug-likeness (QED) is 0.603. The summed E-state index contributed by atoms with van der Waals surface area (Å²) in [7, 11) is 0. The fourth-order valence-electron chi connectivity index (χ4n) is 2.36. The van der Waals surface area contributed by atoms with Gasteiger partial charge in [0.1, 0.15) is 0 Å². The Kier molecular flexibility index (Phi) is 8.52. The number of rotatable bonds is 9. The molecule has 0 saturated carbocycles. The number of hydrogen-bond acceptors (Lipinski definition) is 2. The lowest BCUT2D eigenvalue weighted by Crippen LogP contribution is -2.31. The molecule has 3 heteroatoms. The first-order chi connectivity index (χ1) is 7.86. The van der Waals surface area contributed by atoms with Crippen LogP contribution in [0.25, 0.3) is 0 Å². The molecule has 0 aromatic carbocycles. The molecule has 0 unspecified atom stereocenters. The summed E-state index contributed by atoms with van der Waals surface area (Å²) >= 11 is 3.55. The fourth-order valence-corrected chi connectivity index (χ4v) is 2.86. The van der Waals surface area contributed by atoms with Crippen molar-refractivity contribution in [2.24, 2.45) is 0 Å². The van der Waals surface area contributed by atoms with Crippen LogP contribution in [-0.2, 0) is 0 Å². The molecule has 1 aliphatic heterocycles. The van der Waals surface area contributed by atoms with Crippen molar-refractivity contribution >= 4 is 15.9 Å². The third kappa shape index (κ3) is 6.21. The molecule has 1 saturated heterocycles. The molecule has 0 amide bonds. The standard InChI is InChI=1S/C13H27BrN2/c1-2-3-8-16(13-7-14)12-6-11-15-9-4-5-10-15/h2-13H2,1H3.